The van der Waals surface area contributed by atoms with Gasteiger partial charge in [-0.2, -0.15) is 0 Å². The third-order valence-corrected chi connectivity index (χ3v) is 5.09. The van der Waals surface area contributed by atoms with Gasteiger partial charge in [-0.3, -0.25) is 0 Å². The minimum Gasteiger partial charge on any atom is -0.384 e. The molecule has 0 aliphatic carbocycles. The fourth-order valence-corrected chi connectivity index (χ4v) is 3.78. The molecule has 0 radical (unpaired) electrons. The van der Waals surface area contributed by atoms with Crippen LogP contribution in [-0.4, -0.2) is 44.0 Å². The summed E-state index contributed by atoms with van der Waals surface area (Å²) < 4.78 is 10.6. The predicted octanol–water partition coefficient (Wildman–Crippen LogP) is 3.11. The first-order valence-electron chi connectivity index (χ1n) is 8.76. The van der Waals surface area contributed by atoms with Crippen LogP contribution in [0.15, 0.2) is 54.6 Å². The first-order valence-corrected chi connectivity index (χ1v) is 8.76. The zero-order chi connectivity index (χ0) is 17.7. The molecule has 2 atom stereocenters. The fourth-order valence-electron chi connectivity index (χ4n) is 3.78. The number of hydrogen-bond acceptors (Lipinski definition) is 4. The van der Waals surface area contributed by atoms with E-state index in [9.17, 15) is 5.11 Å². The first-order chi connectivity index (χ1) is 12.1. The van der Waals surface area contributed by atoms with E-state index >= 15 is 0 Å². The van der Waals surface area contributed by atoms with Gasteiger partial charge >= 0.3 is 0 Å². The van der Waals surface area contributed by atoms with Crippen LogP contribution in [0.3, 0.4) is 0 Å². The average Bonchev–Trinajstić information content (AvgIpc) is 2.65. The maximum absolute atomic E-state index is 11.8. The lowest BCUT2D eigenvalue weighted by atomic mass is 9.71. The summed E-state index contributed by atoms with van der Waals surface area (Å²) in [7, 11) is 3.73. The highest BCUT2D eigenvalue weighted by Gasteiger charge is 2.43. The van der Waals surface area contributed by atoms with Gasteiger partial charge in [0.15, 0.2) is 0 Å². The highest BCUT2D eigenvalue weighted by molar-refractivity contribution is 5.38. The number of likely N-dealkylation sites (tertiary alicyclic amines) is 1. The van der Waals surface area contributed by atoms with Gasteiger partial charge in [0.05, 0.1) is 12.2 Å². The molecule has 134 valence electrons. The zero-order valence-corrected chi connectivity index (χ0v) is 15.0. The lowest BCUT2D eigenvalue weighted by molar-refractivity contribution is -0.0523. The summed E-state index contributed by atoms with van der Waals surface area (Å²) in [5.41, 5.74) is 2.26. The van der Waals surface area contributed by atoms with E-state index in [0.29, 0.717) is 13.0 Å². The number of likely N-dealkylation sites (N-methyl/N-ethyl adjacent to an activating group) is 1. The Morgan fingerprint density at radius 3 is 2.60 bits per heavy atom. The topological polar surface area (TPSA) is 41.9 Å². The molecule has 0 aromatic heterocycles. The van der Waals surface area contributed by atoms with Crippen LogP contribution in [0.25, 0.3) is 0 Å². The van der Waals surface area contributed by atoms with Crippen molar-refractivity contribution in [3.63, 3.8) is 0 Å². The molecule has 1 N–H and O–H groups in total. The molecule has 0 spiro atoms. The maximum Gasteiger partial charge on any atom is 0.146 e. The van der Waals surface area contributed by atoms with Gasteiger partial charge in [0.2, 0.25) is 0 Å². The number of ether oxygens (including phenoxy) is 2. The maximum atomic E-state index is 11.8. The van der Waals surface area contributed by atoms with Crippen LogP contribution in [-0.2, 0) is 21.7 Å². The van der Waals surface area contributed by atoms with Gasteiger partial charge < -0.3 is 19.5 Å². The van der Waals surface area contributed by atoms with Gasteiger partial charge in [0.1, 0.15) is 6.79 Å². The Labute approximate surface area is 150 Å². The van der Waals surface area contributed by atoms with Crippen molar-refractivity contribution in [3.8, 4) is 0 Å². The van der Waals surface area contributed by atoms with E-state index in [2.05, 4.69) is 24.1 Å². The first kappa shape index (κ1) is 18.1. The minimum absolute atomic E-state index is 0.0241. The third-order valence-electron chi connectivity index (χ3n) is 5.09. The van der Waals surface area contributed by atoms with Gasteiger partial charge in [-0.25, -0.2) is 0 Å². The van der Waals surface area contributed by atoms with Crippen molar-refractivity contribution < 1.29 is 14.6 Å². The summed E-state index contributed by atoms with van der Waals surface area (Å²) in [5.74, 6) is 0.0241. The highest BCUT2D eigenvalue weighted by atomic mass is 16.7. The standard InChI is InChI=1S/C21H27NO3/c1-22-13-12-21(23,20(14-22)17-8-4-3-5-9-17)19-11-7-6-10-18(19)15-25-16-24-2/h3-11,20,23H,12-16H2,1-2H3/t20-,21+/m0/s1. The summed E-state index contributed by atoms with van der Waals surface area (Å²) in [6.07, 6.45) is 0.699. The van der Waals surface area contributed by atoms with Crippen molar-refractivity contribution >= 4 is 0 Å². The van der Waals surface area contributed by atoms with E-state index in [1.165, 1.54) is 5.56 Å². The molecule has 2 aromatic rings. The van der Waals surface area contributed by atoms with E-state index in [0.717, 1.165) is 24.2 Å². The molecule has 1 fully saturated rings. The Morgan fingerprint density at radius 1 is 1.12 bits per heavy atom. The fraction of sp³-hybridized carbons (Fsp3) is 0.429. The predicted molar refractivity (Wildman–Crippen MR) is 98.3 cm³/mol. The second-order valence-electron chi connectivity index (χ2n) is 6.81. The highest BCUT2D eigenvalue weighted by Crippen LogP contribution is 2.44. The van der Waals surface area contributed by atoms with Crippen molar-refractivity contribution in [1.29, 1.82) is 0 Å². The summed E-state index contributed by atoms with van der Waals surface area (Å²) in [6, 6.07) is 18.4. The van der Waals surface area contributed by atoms with Crippen LogP contribution in [0.1, 0.15) is 29.0 Å². The summed E-state index contributed by atoms with van der Waals surface area (Å²) in [6.45, 7) is 2.38. The molecule has 0 bridgehead atoms. The molecule has 1 aliphatic heterocycles. The van der Waals surface area contributed by atoms with Crippen molar-refractivity contribution in [1.82, 2.24) is 4.90 Å². The third kappa shape index (κ3) is 3.93. The SMILES string of the molecule is COCOCc1ccccc1[C@]1(O)CCN(C)C[C@H]1c1ccccc1. The zero-order valence-electron chi connectivity index (χ0n) is 15.0. The van der Waals surface area contributed by atoms with Gasteiger partial charge in [-0.1, -0.05) is 54.6 Å². The van der Waals surface area contributed by atoms with E-state index in [1.807, 2.05) is 42.5 Å². The largest absolute Gasteiger partial charge is 0.384 e. The Balaban J connectivity index is 1.97. The molecule has 1 saturated heterocycles. The van der Waals surface area contributed by atoms with E-state index in [4.69, 9.17) is 9.47 Å². The molecule has 2 aromatic carbocycles. The summed E-state index contributed by atoms with van der Waals surface area (Å²) in [4.78, 5) is 2.29. The molecule has 0 saturated carbocycles. The van der Waals surface area contributed by atoms with Crippen LogP contribution in [0.5, 0.6) is 0 Å². The van der Waals surface area contributed by atoms with Crippen LogP contribution >= 0.6 is 0 Å². The quantitative estimate of drug-likeness (QED) is 0.647. The lowest BCUT2D eigenvalue weighted by Crippen LogP contribution is -2.47. The molecular weight excluding hydrogens is 314 g/mol. The Kier molecular flexibility index (Phi) is 5.86. The average molecular weight is 341 g/mol. The molecule has 3 rings (SSSR count). The van der Waals surface area contributed by atoms with Crippen LogP contribution in [0, 0.1) is 0 Å². The normalized spacial score (nSPS) is 24.4. The van der Waals surface area contributed by atoms with Crippen molar-refractivity contribution in [2.45, 2.75) is 24.5 Å². The number of aliphatic hydroxyl groups is 1. The molecule has 25 heavy (non-hydrogen) atoms. The number of piperidine rings is 1. The minimum atomic E-state index is -0.902. The number of nitrogens with zero attached hydrogens (tertiary/aromatic N) is 1. The second-order valence-corrected chi connectivity index (χ2v) is 6.81. The van der Waals surface area contributed by atoms with Crippen LogP contribution in [0.4, 0.5) is 0 Å². The summed E-state index contributed by atoms with van der Waals surface area (Å²) in [5, 5.41) is 11.8. The van der Waals surface area contributed by atoms with Gasteiger partial charge in [-0.05, 0) is 30.2 Å². The second kappa shape index (κ2) is 8.11. The Morgan fingerprint density at radius 2 is 1.84 bits per heavy atom. The van der Waals surface area contributed by atoms with Gasteiger partial charge in [-0.15, -0.1) is 0 Å². The van der Waals surface area contributed by atoms with E-state index in [1.54, 1.807) is 7.11 Å². The lowest BCUT2D eigenvalue weighted by Gasteiger charge is -2.45. The number of methoxy groups -OCH3 is 1. The molecule has 4 heteroatoms. The smallest absolute Gasteiger partial charge is 0.146 e. The number of benzene rings is 2. The monoisotopic (exact) mass is 341 g/mol. The van der Waals surface area contributed by atoms with Crippen LogP contribution in [0.2, 0.25) is 0 Å². The molecule has 1 aliphatic rings. The Hall–Kier alpha value is -1.72. The molecule has 0 unspecified atom stereocenters. The molecule has 4 nitrogen and oxygen atoms in total. The molecular formula is C21H27NO3. The number of rotatable bonds is 6. The summed E-state index contributed by atoms with van der Waals surface area (Å²) >= 11 is 0. The van der Waals surface area contributed by atoms with Crippen molar-refractivity contribution in [3.05, 3.63) is 71.3 Å². The van der Waals surface area contributed by atoms with Gasteiger partial charge in [0, 0.05) is 26.1 Å². The number of hydrogen-bond donors (Lipinski definition) is 1. The van der Waals surface area contributed by atoms with Gasteiger partial charge in [0.25, 0.3) is 0 Å². The van der Waals surface area contributed by atoms with Crippen molar-refractivity contribution in [2.75, 3.05) is 34.0 Å². The van der Waals surface area contributed by atoms with Crippen LogP contribution < -0.4 is 0 Å². The van der Waals surface area contributed by atoms with E-state index < -0.39 is 5.60 Å². The molecule has 0 amide bonds. The molecule has 1 heterocycles. The van der Waals surface area contributed by atoms with E-state index in [-0.39, 0.29) is 12.7 Å². The Bertz CT molecular complexity index is 676. The van der Waals surface area contributed by atoms with Crippen molar-refractivity contribution in [2.24, 2.45) is 0 Å².